The van der Waals surface area contributed by atoms with Crippen LogP contribution in [0.25, 0.3) is 11.3 Å². The fourth-order valence-corrected chi connectivity index (χ4v) is 2.01. The van der Waals surface area contributed by atoms with E-state index < -0.39 is 0 Å². The van der Waals surface area contributed by atoms with Crippen LogP contribution in [-0.2, 0) is 0 Å². The molecule has 88 valence electrons. The van der Waals surface area contributed by atoms with Gasteiger partial charge in [-0.3, -0.25) is 0 Å². The van der Waals surface area contributed by atoms with Crippen molar-refractivity contribution >= 4 is 12.2 Å². The first-order valence-electron chi connectivity index (χ1n) is 5.34. The average molecular weight is 246 g/mol. The smallest absolute Gasteiger partial charge is 0.133 e. The molecular formula is C13H14N2OS. The SMILES string of the molecule is COc1ccccc1-c1[nH]c(C)nc(=S)c1C. The zero-order chi connectivity index (χ0) is 12.4. The van der Waals surface area contributed by atoms with Crippen molar-refractivity contribution in [3.63, 3.8) is 0 Å². The molecule has 0 saturated carbocycles. The van der Waals surface area contributed by atoms with Gasteiger partial charge in [-0.25, -0.2) is 4.98 Å². The predicted molar refractivity (Wildman–Crippen MR) is 70.9 cm³/mol. The van der Waals surface area contributed by atoms with Crippen molar-refractivity contribution in [3.8, 4) is 17.0 Å². The topological polar surface area (TPSA) is 37.9 Å². The minimum absolute atomic E-state index is 0.627. The van der Waals surface area contributed by atoms with Gasteiger partial charge in [0.05, 0.1) is 12.8 Å². The summed E-state index contributed by atoms with van der Waals surface area (Å²) < 4.78 is 5.99. The lowest BCUT2D eigenvalue weighted by Crippen LogP contribution is -1.98. The molecular weight excluding hydrogens is 232 g/mol. The van der Waals surface area contributed by atoms with Crippen LogP contribution in [-0.4, -0.2) is 17.1 Å². The zero-order valence-corrected chi connectivity index (χ0v) is 10.9. The van der Waals surface area contributed by atoms with Crippen LogP contribution in [0.3, 0.4) is 0 Å². The summed E-state index contributed by atoms with van der Waals surface area (Å²) in [6.07, 6.45) is 0. The molecule has 1 N–H and O–H groups in total. The van der Waals surface area contributed by atoms with Gasteiger partial charge >= 0.3 is 0 Å². The Kier molecular flexibility index (Phi) is 3.24. The minimum atomic E-state index is 0.627. The van der Waals surface area contributed by atoms with E-state index >= 15 is 0 Å². The molecule has 2 rings (SSSR count). The molecule has 0 bridgehead atoms. The van der Waals surface area contributed by atoms with E-state index in [1.807, 2.05) is 38.1 Å². The summed E-state index contributed by atoms with van der Waals surface area (Å²) in [5.41, 5.74) is 2.94. The molecule has 1 aromatic heterocycles. The largest absolute Gasteiger partial charge is 0.496 e. The Labute approximate surface area is 105 Å². The first kappa shape index (κ1) is 11.8. The molecule has 0 saturated heterocycles. The number of benzene rings is 1. The Morgan fingerprint density at radius 3 is 2.65 bits per heavy atom. The van der Waals surface area contributed by atoms with Crippen LogP contribution in [0, 0.1) is 18.5 Å². The summed E-state index contributed by atoms with van der Waals surface area (Å²) in [6, 6.07) is 7.86. The van der Waals surface area contributed by atoms with Gasteiger partial charge < -0.3 is 9.72 Å². The summed E-state index contributed by atoms with van der Waals surface area (Å²) in [7, 11) is 1.66. The maximum Gasteiger partial charge on any atom is 0.133 e. The normalized spacial score (nSPS) is 10.3. The molecule has 0 atom stereocenters. The van der Waals surface area contributed by atoms with Crippen LogP contribution >= 0.6 is 12.2 Å². The van der Waals surface area contributed by atoms with Gasteiger partial charge in [-0.2, -0.15) is 0 Å². The molecule has 0 spiro atoms. The van der Waals surface area contributed by atoms with Gasteiger partial charge in [-0.05, 0) is 26.0 Å². The molecule has 1 aromatic carbocycles. The number of ether oxygens (including phenoxy) is 1. The minimum Gasteiger partial charge on any atom is -0.496 e. The highest BCUT2D eigenvalue weighted by Crippen LogP contribution is 2.30. The molecule has 4 heteroatoms. The van der Waals surface area contributed by atoms with Gasteiger partial charge in [-0.1, -0.05) is 24.4 Å². The number of aromatic nitrogens is 2. The van der Waals surface area contributed by atoms with E-state index in [0.29, 0.717) is 4.64 Å². The van der Waals surface area contributed by atoms with Crippen molar-refractivity contribution in [1.29, 1.82) is 0 Å². The molecule has 0 fully saturated rings. The molecule has 0 aliphatic carbocycles. The summed E-state index contributed by atoms with van der Waals surface area (Å²) in [6.45, 7) is 3.86. The highest BCUT2D eigenvalue weighted by molar-refractivity contribution is 7.71. The van der Waals surface area contributed by atoms with E-state index in [-0.39, 0.29) is 0 Å². The number of nitrogens with zero attached hydrogens (tertiary/aromatic N) is 1. The number of methoxy groups -OCH3 is 1. The fourth-order valence-electron chi connectivity index (χ4n) is 1.77. The number of rotatable bonds is 2. The molecule has 0 unspecified atom stereocenters. The Morgan fingerprint density at radius 2 is 1.94 bits per heavy atom. The average Bonchev–Trinajstić information content (AvgIpc) is 2.33. The number of H-pyrrole nitrogens is 1. The van der Waals surface area contributed by atoms with Crippen molar-refractivity contribution < 1.29 is 4.74 Å². The summed E-state index contributed by atoms with van der Waals surface area (Å²) in [5.74, 6) is 1.63. The van der Waals surface area contributed by atoms with E-state index in [0.717, 1.165) is 28.4 Å². The van der Waals surface area contributed by atoms with Gasteiger partial charge in [0.15, 0.2) is 0 Å². The predicted octanol–water partition coefficient (Wildman–Crippen LogP) is 3.43. The van der Waals surface area contributed by atoms with E-state index in [1.165, 1.54) is 0 Å². The highest BCUT2D eigenvalue weighted by Gasteiger charge is 2.10. The van der Waals surface area contributed by atoms with Crippen molar-refractivity contribution in [1.82, 2.24) is 9.97 Å². The number of nitrogens with one attached hydrogen (secondary N) is 1. The van der Waals surface area contributed by atoms with Crippen LogP contribution < -0.4 is 4.74 Å². The quantitative estimate of drug-likeness (QED) is 0.825. The third-order valence-electron chi connectivity index (χ3n) is 2.65. The maximum absolute atomic E-state index is 5.36. The van der Waals surface area contributed by atoms with Gasteiger partial charge in [0.25, 0.3) is 0 Å². The first-order chi connectivity index (χ1) is 8.13. The molecule has 2 aromatic rings. The lowest BCUT2D eigenvalue weighted by molar-refractivity contribution is 0.416. The number of para-hydroxylation sites is 1. The third kappa shape index (κ3) is 2.22. The second-order valence-electron chi connectivity index (χ2n) is 3.83. The second kappa shape index (κ2) is 4.67. The summed E-state index contributed by atoms with van der Waals surface area (Å²) >= 11 is 5.24. The Hall–Kier alpha value is -1.68. The van der Waals surface area contributed by atoms with E-state index in [4.69, 9.17) is 17.0 Å². The van der Waals surface area contributed by atoms with Gasteiger partial charge in [0.2, 0.25) is 0 Å². The van der Waals surface area contributed by atoms with Crippen molar-refractivity contribution in [2.24, 2.45) is 0 Å². The van der Waals surface area contributed by atoms with Crippen LogP contribution in [0.15, 0.2) is 24.3 Å². The van der Waals surface area contributed by atoms with Gasteiger partial charge in [0, 0.05) is 11.1 Å². The summed E-state index contributed by atoms with van der Waals surface area (Å²) in [4.78, 5) is 7.48. The molecule has 1 heterocycles. The van der Waals surface area contributed by atoms with Crippen LogP contribution in [0.1, 0.15) is 11.4 Å². The summed E-state index contributed by atoms with van der Waals surface area (Å²) in [5, 5.41) is 0. The lowest BCUT2D eigenvalue weighted by atomic mass is 10.1. The van der Waals surface area contributed by atoms with Crippen molar-refractivity contribution in [2.45, 2.75) is 13.8 Å². The van der Waals surface area contributed by atoms with E-state index in [1.54, 1.807) is 7.11 Å². The number of aromatic amines is 1. The van der Waals surface area contributed by atoms with Crippen molar-refractivity contribution in [2.75, 3.05) is 7.11 Å². The van der Waals surface area contributed by atoms with Crippen LogP contribution in [0.4, 0.5) is 0 Å². The molecule has 0 radical (unpaired) electrons. The standard InChI is InChI=1S/C13H14N2OS/c1-8-12(14-9(2)15-13(8)17)10-6-4-5-7-11(10)16-3/h4-7H,1-3H3,(H,14,15,17). The lowest BCUT2D eigenvalue weighted by Gasteiger charge is -2.11. The number of hydrogen-bond acceptors (Lipinski definition) is 3. The monoisotopic (exact) mass is 246 g/mol. The molecule has 3 nitrogen and oxygen atoms in total. The molecule has 0 amide bonds. The number of aryl methyl sites for hydroxylation is 1. The van der Waals surface area contributed by atoms with Gasteiger partial charge in [-0.15, -0.1) is 0 Å². The first-order valence-corrected chi connectivity index (χ1v) is 5.75. The second-order valence-corrected chi connectivity index (χ2v) is 4.21. The fraction of sp³-hybridized carbons (Fsp3) is 0.231. The Bertz CT molecular complexity index is 605. The molecule has 0 aliphatic heterocycles. The molecule has 0 aliphatic rings. The van der Waals surface area contributed by atoms with Crippen LogP contribution in [0.2, 0.25) is 0 Å². The van der Waals surface area contributed by atoms with Crippen molar-refractivity contribution in [3.05, 3.63) is 40.3 Å². The van der Waals surface area contributed by atoms with Gasteiger partial charge in [0.1, 0.15) is 16.2 Å². The Balaban J connectivity index is 2.72. The zero-order valence-electron chi connectivity index (χ0n) is 10.1. The van der Waals surface area contributed by atoms with Crippen LogP contribution in [0.5, 0.6) is 5.75 Å². The maximum atomic E-state index is 5.36. The highest BCUT2D eigenvalue weighted by atomic mass is 32.1. The third-order valence-corrected chi connectivity index (χ3v) is 3.04. The van der Waals surface area contributed by atoms with E-state index in [2.05, 4.69) is 9.97 Å². The molecule has 17 heavy (non-hydrogen) atoms. The number of hydrogen-bond donors (Lipinski definition) is 1. The van der Waals surface area contributed by atoms with E-state index in [9.17, 15) is 0 Å². The Morgan fingerprint density at radius 1 is 1.24 bits per heavy atom.